The SMILES string of the molecule is Cc1ccc(C(=O)OC[C@H]2O[C@H](n3cc(COCc4ccccc4)c(=O)[nH]c3=O)C[C@@H]2OC(=O)c2ccc(C)cc2)cc1. The van der Waals surface area contributed by atoms with Crippen LogP contribution in [0.15, 0.2) is 94.6 Å². The number of hydrogen-bond acceptors (Lipinski definition) is 8. The fraction of sp³-hybridized carbons (Fsp3) is 0.273. The highest BCUT2D eigenvalue weighted by atomic mass is 16.6. The lowest BCUT2D eigenvalue weighted by atomic mass is 10.1. The van der Waals surface area contributed by atoms with Crippen molar-refractivity contribution in [1.29, 1.82) is 0 Å². The van der Waals surface area contributed by atoms with Crippen LogP contribution in [0.25, 0.3) is 0 Å². The molecule has 1 fully saturated rings. The fourth-order valence-corrected chi connectivity index (χ4v) is 4.67. The van der Waals surface area contributed by atoms with Crippen LogP contribution in [-0.4, -0.2) is 40.3 Å². The summed E-state index contributed by atoms with van der Waals surface area (Å²) in [6.07, 6.45) is -1.15. The number of ether oxygens (including phenoxy) is 4. The Hall–Kier alpha value is -4.80. The van der Waals surface area contributed by atoms with E-state index in [-0.39, 0.29) is 31.8 Å². The molecule has 1 saturated heterocycles. The zero-order valence-corrected chi connectivity index (χ0v) is 23.9. The summed E-state index contributed by atoms with van der Waals surface area (Å²) in [6, 6.07) is 23.3. The third kappa shape index (κ3) is 7.54. The van der Waals surface area contributed by atoms with E-state index in [9.17, 15) is 19.2 Å². The van der Waals surface area contributed by atoms with Crippen LogP contribution in [0.4, 0.5) is 0 Å². The highest BCUT2D eigenvalue weighted by Gasteiger charge is 2.40. The molecule has 3 aromatic carbocycles. The highest BCUT2D eigenvalue weighted by molar-refractivity contribution is 5.90. The molecule has 1 aromatic heterocycles. The van der Waals surface area contributed by atoms with Gasteiger partial charge in [-0.3, -0.25) is 14.3 Å². The minimum atomic E-state index is -0.906. The minimum Gasteiger partial charge on any atom is -0.459 e. The number of hydrogen-bond donors (Lipinski definition) is 1. The van der Waals surface area contributed by atoms with Gasteiger partial charge in [-0.25, -0.2) is 14.4 Å². The third-order valence-corrected chi connectivity index (χ3v) is 7.11. The van der Waals surface area contributed by atoms with E-state index in [2.05, 4.69) is 4.98 Å². The van der Waals surface area contributed by atoms with Crippen LogP contribution in [0.3, 0.4) is 0 Å². The second kappa shape index (κ2) is 13.5. The maximum atomic E-state index is 13.0. The van der Waals surface area contributed by atoms with Gasteiger partial charge in [0.15, 0.2) is 0 Å². The highest BCUT2D eigenvalue weighted by Crippen LogP contribution is 2.31. The van der Waals surface area contributed by atoms with Crippen LogP contribution in [0, 0.1) is 13.8 Å². The van der Waals surface area contributed by atoms with Crippen molar-refractivity contribution in [2.75, 3.05) is 6.61 Å². The van der Waals surface area contributed by atoms with Crippen molar-refractivity contribution in [3.8, 4) is 0 Å². The largest absolute Gasteiger partial charge is 0.459 e. The molecule has 43 heavy (non-hydrogen) atoms. The van der Waals surface area contributed by atoms with Crippen molar-refractivity contribution in [2.24, 2.45) is 0 Å². The van der Waals surface area contributed by atoms with Crippen LogP contribution < -0.4 is 11.2 Å². The van der Waals surface area contributed by atoms with Gasteiger partial charge in [0.2, 0.25) is 0 Å². The molecule has 0 spiro atoms. The van der Waals surface area contributed by atoms with Gasteiger partial charge >= 0.3 is 17.6 Å². The van der Waals surface area contributed by atoms with Gasteiger partial charge in [-0.05, 0) is 43.7 Å². The number of H-pyrrole nitrogens is 1. The van der Waals surface area contributed by atoms with Gasteiger partial charge in [-0.15, -0.1) is 0 Å². The van der Waals surface area contributed by atoms with Crippen LogP contribution >= 0.6 is 0 Å². The van der Waals surface area contributed by atoms with Crippen LogP contribution in [0.2, 0.25) is 0 Å². The maximum absolute atomic E-state index is 13.0. The van der Waals surface area contributed by atoms with E-state index >= 15 is 0 Å². The van der Waals surface area contributed by atoms with Crippen molar-refractivity contribution in [2.45, 2.75) is 51.9 Å². The van der Waals surface area contributed by atoms with Crippen molar-refractivity contribution < 1.29 is 28.5 Å². The second-order valence-corrected chi connectivity index (χ2v) is 10.4. The zero-order chi connectivity index (χ0) is 30.3. The Balaban J connectivity index is 1.33. The van der Waals surface area contributed by atoms with Crippen LogP contribution in [0.5, 0.6) is 0 Å². The summed E-state index contributed by atoms with van der Waals surface area (Å²) >= 11 is 0. The smallest absolute Gasteiger partial charge is 0.338 e. The molecular weight excluding hydrogens is 552 g/mol. The molecule has 0 aliphatic carbocycles. The molecule has 10 nitrogen and oxygen atoms in total. The summed E-state index contributed by atoms with van der Waals surface area (Å²) in [6.45, 7) is 3.84. The van der Waals surface area contributed by atoms with Crippen LogP contribution in [0.1, 0.15) is 55.6 Å². The van der Waals surface area contributed by atoms with Crippen molar-refractivity contribution in [3.63, 3.8) is 0 Å². The molecule has 1 aliphatic heterocycles. The van der Waals surface area contributed by atoms with E-state index in [0.717, 1.165) is 16.7 Å². The van der Waals surface area contributed by atoms with E-state index < -0.39 is 41.6 Å². The molecular formula is C33H32N2O8. The number of aromatic amines is 1. The van der Waals surface area contributed by atoms with Crippen LogP contribution in [-0.2, 0) is 32.2 Å². The number of nitrogens with zero attached hydrogens (tertiary/aromatic N) is 1. The zero-order valence-electron chi connectivity index (χ0n) is 23.9. The van der Waals surface area contributed by atoms with Gasteiger partial charge in [-0.1, -0.05) is 65.7 Å². The number of rotatable bonds is 10. The van der Waals surface area contributed by atoms with Crippen molar-refractivity contribution in [1.82, 2.24) is 9.55 Å². The second-order valence-electron chi connectivity index (χ2n) is 10.4. The summed E-state index contributed by atoms with van der Waals surface area (Å²) < 4.78 is 24.4. The number of aryl methyl sites for hydroxylation is 2. The molecule has 4 aromatic rings. The predicted molar refractivity (Wildman–Crippen MR) is 157 cm³/mol. The number of nitrogens with one attached hydrogen (secondary N) is 1. The first-order valence-corrected chi connectivity index (χ1v) is 13.9. The molecule has 2 heterocycles. The quantitative estimate of drug-likeness (QED) is 0.275. The number of aromatic nitrogens is 2. The normalized spacial score (nSPS) is 17.9. The van der Waals surface area contributed by atoms with E-state index in [4.69, 9.17) is 18.9 Å². The molecule has 0 unspecified atom stereocenters. The first-order valence-electron chi connectivity index (χ1n) is 13.9. The average Bonchev–Trinajstić information content (AvgIpc) is 3.40. The Morgan fingerprint density at radius 3 is 2.14 bits per heavy atom. The molecule has 0 bridgehead atoms. The molecule has 0 amide bonds. The minimum absolute atomic E-state index is 0.0410. The lowest BCUT2D eigenvalue weighted by molar-refractivity contribution is -0.0583. The van der Waals surface area contributed by atoms with Gasteiger partial charge in [0.05, 0.1) is 29.9 Å². The van der Waals surface area contributed by atoms with E-state index in [1.54, 1.807) is 48.5 Å². The molecule has 3 atom stereocenters. The van der Waals surface area contributed by atoms with E-state index in [1.165, 1.54) is 10.8 Å². The summed E-state index contributed by atoms with van der Waals surface area (Å²) in [7, 11) is 0. The summed E-state index contributed by atoms with van der Waals surface area (Å²) in [4.78, 5) is 53.3. The molecule has 1 N–H and O–H groups in total. The monoisotopic (exact) mass is 584 g/mol. The third-order valence-electron chi connectivity index (χ3n) is 7.11. The number of esters is 2. The first kappa shape index (κ1) is 29.7. The Kier molecular flexibility index (Phi) is 9.29. The first-order chi connectivity index (χ1) is 20.8. The molecule has 1 aliphatic rings. The molecule has 5 rings (SSSR count). The lowest BCUT2D eigenvalue weighted by Crippen LogP contribution is -2.34. The molecule has 222 valence electrons. The standard InChI is InChI=1S/C33H32N2O8/c1-21-8-12-24(13-9-21)31(37)41-20-28-27(43-32(38)25-14-10-22(2)11-15-25)16-29(42-28)35-17-26(30(36)34-33(35)39)19-40-18-23-6-4-3-5-7-23/h3-15,17,27-29H,16,18-20H2,1-2H3,(H,34,36,39)/t27-,28+,29-/m0/s1. The summed E-state index contributed by atoms with van der Waals surface area (Å²) in [5.74, 6) is -1.14. The number of carbonyl (C=O) groups excluding carboxylic acids is 2. The Morgan fingerprint density at radius 2 is 1.49 bits per heavy atom. The maximum Gasteiger partial charge on any atom is 0.338 e. The van der Waals surface area contributed by atoms with Gasteiger partial charge in [0.1, 0.15) is 25.0 Å². The average molecular weight is 585 g/mol. The Morgan fingerprint density at radius 1 is 0.860 bits per heavy atom. The summed E-state index contributed by atoms with van der Waals surface area (Å²) in [5, 5.41) is 0. The van der Waals surface area contributed by atoms with Gasteiger partial charge in [0.25, 0.3) is 5.56 Å². The fourth-order valence-electron chi connectivity index (χ4n) is 4.67. The predicted octanol–water partition coefficient (Wildman–Crippen LogP) is 4.24. The Labute approximate surface area is 247 Å². The molecule has 10 heteroatoms. The number of benzene rings is 3. The van der Waals surface area contributed by atoms with Crippen molar-refractivity contribution in [3.05, 3.63) is 139 Å². The molecule has 0 saturated carbocycles. The van der Waals surface area contributed by atoms with Gasteiger partial charge in [-0.2, -0.15) is 0 Å². The Bertz CT molecular complexity index is 1680. The summed E-state index contributed by atoms with van der Waals surface area (Å²) in [5.41, 5.74) is 2.60. The van der Waals surface area contributed by atoms with Crippen molar-refractivity contribution >= 4 is 11.9 Å². The lowest BCUT2D eigenvalue weighted by Gasteiger charge is -2.19. The van der Waals surface area contributed by atoms with E-state index in [0.29, 0.717) is 11.1 Å². The molecule has 0 radical (unpaired) electrons. The van der Waals surface area contributed by atoms with Gasteiger partial charge in [0, 0.05) is 12.6 Å². The topological polar surface area (TPSA) is 126 Å². The van der Waals surface area contributed by atoms with Gasteiger partial charge < -0.3 is 18.9 Å². The number of carbonyl (C=O) groups is 2. The van der Waals surface area contributed by atoms with E-state index in [1.807, 2.05) is 44.2 Å².